The lowest BCUT2D eigenvalue weighted by Crippen LogP contribution is -2.49. The zero-order valence-corrected chi connectivity index (χ0v) is 11.2. The molecule has 0 radical (unpaired) electrons. The predicted octanol–water partition coefficient (Wildman–Crippen LogP) is 0.0393. The molecule has 1 aromatic rings. The fourth-order valence-corrected chi connectivity index (χ4v) is 2.77. The van der Waals surface area contributed by atoms with Gasteiger partial charge in [-0.25, -0.2) is 0 Å². The fourth-order valence-electron chi connectivity index (χ4n) is 2.77. The molecule has 2 aliphatic heterocycles. The van der Waals surface area contributed by atoms with Crippen molar-refractivity contribution in [2.75, 3.05) is 44.2 Å². The summed E-state index contributed by atoms with van der Waals surface area (Å²) in [6.45, 7) is 6.17. The molecule has 2 saturated heterocycles. The van der Waals surface area contributed by atoms with E-state index in [0.717, 1.165) is 39.3 Å². The van der Waals surface area contributed by atoms with Crippen LogP contribution in [0.4, 0.5) is 5.69 Å². The summed E-state index contributed by atoms with van der Waals surface area (Å²) in [4.78, 5) is 4.90. The van der Waals surface area contributed by atoms with E-state index in [9.17, 15) is 0 Å². The van der Waals surface area contributed by atoms with Gasteiger partial charge in [-0.05, 0) is 12.1 Å². The molecule has 0 bridgehead atoms. The van der Waals surface area contributed by atoms with Crippen molar-refractivity contribution in [2.24, 2.45) is 5.73 Å². The molecular formula is C14H22N4O. The van der Waals surface area contributed by atoms with Crippen LogP contribution in [-0.2, 0) is 4.74 Å². The minimum atomic E-state index is -0.282. The number of nitrogens with zero attached hydrogens (tertiary/aromatic N) is 2. The van der Waals surface area contributed by atoms with E-state index in [4.69, 9.17) is 10.5 Å². The lowest BCUT2D eigenvalue weighted by molar-refractivity contribution is 0.0238. The Morgan fingerprint density at radius 1 is 1.16 bits per heavy atom. The van der Waals surface area contributed by atoms with Gasteiger partial charge in [0.1, 0.15) is 0 Å². The molecule has 1 aromatic carbocycles. The summed E-state index contributed by atoms with van der Waals surface area (Å²) in [7, 11) is 0. The van der Waals surface area contributed by atoms with Crippen LogP contribution in [0, 0.1) is 0 Å². The van der Waals surface area contributed by atoms with E-state index in [1.165, 1.54) is 5.69 Å². The summed E-state index contributed by atoms with van der Waals surface area (Å²) in [6, 6.07) is 10.6. The van der Waals surface area contributed by atoms with Gasteiger partial charge < -0.3 is 9.64 Å². The smallest absolute Gasteiger partial charge is 0.161 e. The third-order valence-electron chi connectivity index (χ3n) is 3.84. The monoisotopic (exact) mass is 262 g/mol. The van der Waals surface area contributed by atoms with E-state index in [2.05, 4.69) is 45.4 Å². The maximum atomic E-state index is 5.67. The number of ether oxygens (including phenoxy) is 1. The van der Waals surface area contributed by atoms with Gasteiger partial charge >= 0.3 is 0 Å². The van der Waals surface area contributed by atoms with Gasteiger partial charge in [0, 0.05) is 45.0 Å². The lowest BCUT2D eigenvalue weighted by atomic mass is 10.2. The summed E-state index contributed by atoms with van der Waals surface area (Å²) < 4.78 is 5.59. The van der Waals surface area contributed by atoms with Crippen LogP contribution in [-0.4, -0.2) is 56.6 Å². The van der Waals surface area contributed by atoms with Crippen LogP contribution >= 0.6 is 0 Å². The summed E-state index contributed by atoms with van der Waals surface area (Å²) in [5.74, 6) is 0. The highest BCUT2D eigenvalue weighted by atomic mass is 16.5. The molecule has 104 valence electrons. The van der Waals surface area contributed by atoms with Gasteiger partial charge in [0.05, 0.1) is 6.10 Å². The van der Waals surface area contributed by atoms with Crippen molar-refractivity contribution in [3.8, 4) is 0 Å². The standard InChI is InChI=1S/C14H22N4O/c15-14-16-10-13(19-14)11-17-6-8-18(9-7-17)12-4-2-1-3-5-12/h1-5,13-14,16H,6-11,15H2. The number of piperazine rings is 1. The number of para-hydroxylation sites is 1. The van der Waals surface area contributed by atoms with E-state index in [0.29, 0.717) is 0 Å². The van der Waals surface area contributed by atoms with Crippen molar-refractivity contribution in [3.63, 3.8) is 0 Å². The van der Waals surface area contributed by atoms with Gasteiger partial charge in [-0.2, -0.15) is 0 Å². The Morgan fingerprint density at radius 3 is 2.53 bits per heavy atom. The number of nitrogens with one attached hydrogen (secondary N) is 1. The molecule has 2 fully saturated rings. The fraction of sp³-hybridized carbons (Fsp3) is 0.571. The SMILES string of the molecule is NC1NCC(CN2CCN(c3ccccc3)CC2)O1. The molecule has 19 heavy (non-hydrogen) atoms. The summed E-state index contributed by atoms with van der Waals surface area (Å²) in [5, 5.41) is 3.11. The zero-order valence-electron chi connectivity index (χ0n) is 11.2. The van der Waals surface area contributed by atoms with Crippen LogP contribution in [0.1, 0.15) is 0 Å². The third kappa shape index (κ3) is 3.25. The molecule has 5 nitrogen and oxygen atoms in total. The van der Waals surface area contributed by atoms with Crippen molar-refractivity contribution in [1.29, 1.82) is 0 Å². The van der Waals surface area contributed by atoms with Gasteiger partial charge in [-0.3, -0.25) is 16.0 Å². The van der Waals surface area contributed by atoms with E-state index in [-0.39, 0.29) is 12.5 Å². The second-order valence-electron chi connectivity index (χ2n) is 5.21. The number of nitrogens with two attached hydrogens (primary N) is 1. The Bertz CT molecular complexity index is 392. The van der Waals surface area contributed by atoms with Crippen LogP contribution in [0.5, 0.6) is 0 Å². The first-order valence-corrected chi connectivity index (χ1v) is 6.98. The first-order valence-electron chi connectivity index (χ1n) is 6.98. The quantitative estimate of drug-likeness (QED) is 0.805. The number of hydrogen-bond donors (Lipinski definition) is 2. The molecule has 0 amide bonds. The van der Waals surface area contributed by atoms with E-state index >= 15 is 0 Å². The van der Waals surface area contributed by atoms with Gasteiger partial charge in [-0.1, -0.05) is 18.2 Å². The van der Waals surface area contributed by atoms with Gasteiger partial charge in [0.25, 0.3) is 0 Å². The first-order chi connectivity index (χ1) is 9.31. The summed E-state index contributed by atoms with van der Waals surface area (Å²) in [6.07, 6.45) is -0.0473. The maximum Gasteiger partial charge on any atom is 0.161 e. The molecular weight excluding hydrogens is 240 g/mol. The van der Waals surface area contributed by atoms with Crippen molar-refractivity contribution in [1.82, 2.24) is 10.2 Å². The summed E-state index contributed by atoms with van der Waals surface area (Å²) >= 11 is 0. The number of rotatable bonds is 3. The second-order valence-corrected chi connectivity index (χ2v) is 5.21. The average molecular weight is 262 g/mol. The lowest BCUT2D eigenvalue weighted by Gasteiger charge is -2.36. The molecule has 2 aliphatic rings. The highest BCUT2D eigenvalue weighted by Crippen LogP contribution is 2.16. The van der Waals surface area contributed by atoms with Gasteiger partial charge in [-0.15, -0.1) is 0 Å². The van der Waals surface area contributed by atoms with E-state index < -0.39 is 0 Å². The van der Waals surface area contributed by atoms with Crippen molar-refractivity contribution >= 4 is 5.69 Å². The van der Waals surface area contributed by atoms with Crippen LogP contribution in [0.15, 0.2) is 30.3 Å². The number of hydrogen-bond acceptors (Lipinski definition) is 5. The van der Waals surface area contributed by atoms with Gasteiger partial charge in [0.2, 0.25) is 0 Å². The third-order valence-corrected chi connectivity index (χ3v) is 3.84. The van der Waals surface area contributed by atoms with Gasteiger partial charge in [0.15, 0.2) is 6.35 Å². The second kappa shape index (κ2) is 5.88. The molecule has 2 unspecified atom stereocenters. The largest absolute Gasteiger partial charge is 0.369 e. The first kappa shape index (κ1) is 12.9. The number of benzene rings is 1. The maximum absolute atomic E-state index is 5.67. The Morgan fingerprint density at radius 2 is 1.89 bits per heavy atom. The normalized spacial score (nSPS) is 28.8. The topological polar surface area (TPSA) is 53.8 Å². The van der Waals surface area contributed by atoms with Crippen LogP contribution in [0.3, 0.4) is 0 Å². The minimum absolute atomic E-state index is 0.235. The van der Waals surface area contributed by atoms with Crippen molar-refractivity contribution in [3.05, 3.63) is 30.3 Å². The molecule has 5 heteroatoms. The summed E-state index contributed by atoms with van der Waals surface area (Å²) in [5.41, 5.74) is 6.99. The van der Waals surface area contributed by atoms with Crippen molar-refractivity contribution in [2.45, 2.75) is 12.5 Å². The molecule has 0 saturated carbocycles. The Balaban J connectivity index is 1.47. The Hall–Kier alpha value is -1.14. The molecule has 3 rings (SSSR count). The highest BCUT2D eigenvalue weighted by molar-refractivity contribution is 5.46. The van der Waals surface area contributed by atoms with Crippen LogP contribution < -0.4 is 16.0 Å². The Labute approximate surface area is 114 Å². The van der Waals surface area contributed by atoms with E-state index in [1.54, 1.807) is 0 Å². The van der Waals surface area contributed by atoms with Crippen LogP contribution in [0.2, 0.25) is 0 Å². The molecule has 3 N–H and O–H groups in total. The number of anilines is 1. The Kier molecular flexibility index (Phi) is 3.98. The molecule has 2 heterocycles. The highest BCUT2D eigenvalue weighted by Gasteiger charge is 2.25. The average Bonchev–Trinajstić information content (AvgIpc) is 2.86. The van der Waals surface area contributed by atoms with Crippen molar-refractivity contribution < 1.29 is 4.74 Å². The van der Waals surface area contributed by atoms with Crippen LogP contribution in [0.25, 0.3) is 0 Å². The molecule has 0 aromatic heterocycles. The molecule has 0 aliphatic carbocycles. The predicted molar refractivity (Wildman–Crippen MR) is 75.9 cm³/mol. The molecule has 0 spiro atoms. The minimum Gasteiger partial charge on any atom is -0.369 e. The zero-order chi connectivity index (χ0) is 13.1. The van der Waals surface area contributed by atoms with E-state index in [1.807, 2.05) is 0 Å². The molecule has 2 atom stereocenters.